The molecule has 1 aliphatic rings. The van der Waals surface area contributed by atoms with Gasteiger partial charge in [-0.1, -0.05) is 0 Å². The summed E-state index contributed by atoms with van der Waals surface area (Å²) in [7, 11) is 1.74. The van der Waals surface area contributed by atoms with Gasteiger partial charge in [0.05, 0.1) is 0 Å². The van der Waals surface area contributed by atoms with Crippen LogP contribution in [0.2, 0.25) is 0 Å². The third-order valence-corrected chi connectivity index (χ3v) is 2.89. The minimum Gasteiger partial charge on any atom is -0.486 e. The van der Waals surface area contributed by atoms with Gasteiger partial charge in [-0.05, 0) is 26.0 Å². The number of carbonyl (C=O) groups is 1. The summed E-state index contributed by atoms with van der Waals surface area (Å²) in [5.74, 6) is 1.37. The molecule has 0 unspecified atom stereocenters. The van der Waals surface area contributed by atoms with E-state index < -0.39 is 5.54 Å². The molecular weight excluding hydrogens is 244 g/mol. The fraction of sp³-hybridized carbons (Fsp3) is 0.500. The minimum atomic E-state index is -0.515. The van der Waals surface area contributed by atoms with E-state index in [9.17, 15) is 4.79 Å². The fourth-order valence-electron chi connectivity index (χ4n) is 1.89. The Balaban J connectivity index is 2.15. The number of rotatable bonds is 3. The summed E-state index contributed by atoms with van der Waals surface area (Å²) in [5, 5.41) is 0. The monoisotopic (exact) mass is 264 g/mol. The average Bonchev–Trinajstić information content (AvgIpc) is 2.35. The van der Waals surface area contributed by atoms with Crippen LogP contribution in [0.25, 0.3) is 0 Å². The van der Waals surface area contributed by atoms with Crippen LogP contribution in [0, 0.1) is 0 Å². The summed E-state index contributed by atoms with van der Waals surface area (Å²) < 4.78 is 11.0. The first kappa shape index (κ1) is 13.7. The Bertz CT molecular complexity index is 480. The van der Waals surface area contributed by atoms with Crippen molar-refractivity contribution in [3.8, 4) is 11.5 Å². The van der Waals surface area contributed by atoms with E-state index in [-0.39, 0.29) is 12.3 Å². The van der Waals surface area contributed by atoms with Crippen LogP contribution in [-0.4, -0.2) is 31.7 Å². The highest BCUT2D eigenvalue weighted by atomic mass is 16.6. The van der Waals surface area contributed by atoms with Crippen LogP contribution in [0.4, 0.5) is 5.69 Å². The highest BCUT2D eigenvalue weighted by Crippen LogP contribution is 2.33. The maximum absolute atomic E-state index is 12.1. The summed E-state index contributed by atoms with van der Waals surface area (Å²) in [5.41, 5.74) is 6.13. The minimum absolute atomic E-state index is 0.0239. The van der Waals surface area contributed by atoms with Crippen molar-refractivity contribution in [3.63, 3.8) is 0 Å². The van der Waals surface area contributed by atoms with Crippen molar-refractivity contribution in [1.29, 1.82) is 0 Å². The van der Waals surface area contributed by atoms with Crippen molar-refractivity contribution >= 4 is 11.6 Å². The number of nitrogens with zero attached hydrogens (tertiary/aromatic N) is 1. The van der Waals surface area contributed by atoms with Gasteiger partial charge in [-0.3, -0.25) is 4.79 Å². The van der Waals surface area contributed by atoms with Crippen molar-refractivity contribution in [1.82, 2.24) is 0 Å². The van der Waals surface area contributed by atoms with E-state index in [1.54, 1.807) is 11.9 Å². The zero-order valence-electron chi connectivity index (χ0n) is 11.6. The third kappa shape index (κ3) is 3.38. The SMILES string of the molecule is CN(C(=O)CC(C)(C)N)c1ccc2c(c1)OCCO2. The number of benzene rings is 1. The quantitative estimate of drug-likeness (QED) is 0.899. The average molecular weight is 264 g/mol. The molecular formula is C14H20N2O3. The van der Waals surface area contributed by atoms with Crippen molar-refractivity contribution < 1.29 is 14.3 Å². The Morgan fingerprint density at radius 3 is 2.58 bits per heavy atom. The number of amides is 1. The molecule has 0 atom stereocenters. The van der Waals surface area contributed by atoms with Gasteiger partial charge in [-0.25, -0.2) is 0 Å². The van der Waals surface area contributed by atoms with Crippen LogP contribution in [0.15, 0.2) is 18.2 Å². The first-order chi connectivity index (χ1) is 8.87. The van der Waals surface area contributed by atoms with E-state index in [0.29, 0.717) is 19.0 Å². The Hall–Kier alpha value is -1.75. The van der Waals surface area contributed by atoms with Crippen molar-refractivity contribution in [3.05, 3.63) is 18.2 Å². The molecule has 1 aromatic carbocycles. The lowest BCUT2D eigenvalue weighted by molar-refractivity contribution is -0.119. The molecule has 1 amide bonds. The number of ether oxygens (including phenoxy) is 2. The normalized spacial score (nSPS) is 14.1. The van der Waals surface area contributed by atoms with Crippen LogP contribution in [0.5, 0.6) is 11.5 Å². The molecule has 5 nitrogen and oxygen atoms in total. The first-order valence-electron chi connectivity index (χ1n) is 6.32. The second-order valence-electron chi connectivity index (χ2n) is 5.45. The molecule has 0 fully saturated rings. The molecule has 0 radical (unpaired) electrons. The van der Waals surface area contributed by atoms with Gasteiger partial charge in [0.2, 0.25) is 5.91 Å². The molecule has 0 aliphatic carbocycles. The Morgan fingerprint density at radius 2 is 1.95 bits per heavy atom. The Labute approximate surface area is 113 Å². The van der Waals surface area contributed by atoms with Gasteiger partial charge in [0.25, 0.3) is 0 Å². The second-order valence-corrected chi connectivity index (χ2v) is 5.45. The number of hydrogen-bond acceptors (Lipinski definition) is 4. The highest BCUT2D eigenvalue weighted by molar-refractivity contribution is 5.93. The largest absolute Gasteiger partial charge is 0.486 e. The molecule has 0 aromatic heterocycles. The van der Waals surface area contributed by atoms with Crippen molar-refractivity contribution in [2.75, 3.05) is 25.2 Å². The maximum Gasteiger partial charge on any atom is 0.228 e. The van der Waals surface area contributed by atoms with Crippen LogP contribution in [0.1, 0.15) is 20.3 Å². The molecule has 1 heterocycles. The number of anilines is 1. The molecule has 19 heavy (non-hydrogen) atoms. The third-order valence-electron chi connectivity index (χ3n) is 2.89. The predicted molar refractivity (Wildman–Crippen MR) is 73.7 cm³/mol. The molecule has 2 N–H and O–H groups in total. The van der Waals surface area contributed by atoms with Gasteiger partial charge in [0.1, 0.15) is 13.2 Å². The summed E-state index contributed by atoms with van der Waals surface area (Å²) in [4.78, 5) is 13.7. The van der Waals surface area contributed by atoms with Crippen LogP contribution in [0.3, 0.4) is 0 Å². The zero-order valence-corrected chi connectivity index (χ0v) is 11.6. The van der Waals surface area contributed by atoms with Crippen LogP contribution >= 0.6 is 0 Å². The van der Waals surface area contributed by atoms with Gasteiger partial charge in [-0.2, -0.15) is 0 Å². The van der Waals surface area contributed by atoms with Crippen LogP contribution in [-0.2, 0) is 4.79 Å². The van der Waals surface area contributed by atoms with Gasteiger partial charge in [0, 0.05) is 30.8 Å². The number of nitrogens with two attached hydrogens (primary N) is 1. The standard InChI is InChI=1S/C14H20N2O3/c1-14(2,15)9-13(17)16(3)10-4-5-11-12(8-10)19-7-6-18-11/h4-5,8H,6-7,9,15H2,1-3H3. The molecule has 0 saturated carbocycles. The highest BCUT2D eigenvalue weighted by Gasteiger charge is 2.21. The van der Waals surface area contributed by atoms with Crippen molar-refractivity contribution in [2.45, 2.75) is 25.8 Å². The Morgan fingerprint density at radius 1 is 1.32 bits per heavy atom. The smallest absolute Gasteiger partial charge is 0.228 e. The number of carbonyl (C=O) groups excluding carboxylic acids is 1. The lowest BCUT2D eigenvalue weighted by Gasteiger charge is -2.25. The lowest BCUT2D eigenvalue weighted by Crippen LogP contribution is -2.39. The topological polar surface area (TPSA) is 64.8 Å². The number of hydrogen-bond donors (Lipinski definition) is 1. The second kappa shape index (κ2) is 5.09. The molecule has 5 heteroatoms. The zero-order chi connectivity index (χ0) is 14.0. The van der Waals surface area contributed by atoms with Gasteiger partial charge < -0.3 is 20.1 Å². The van der Waals surface area contributed by atoms with E-state index in [4.69, 9.17) is 15.2 Å². The van der Waals surface area contributed by atoms with E-state index in [1.807, 2.05) is 32.0 Å². The van der Waals surface area contributed by atoms with Gasteiger partial charge in [-0.15, -0.1) is 0 Å². The van der Waals surface area contributed by atoms with Crippen molar-refractivity contribution in [2.24, 2.45) is 5.73 Å². The van der Waals surface area contributed by atoms with E-state index >= 15 is 0 Å². The molecule has 2 rings (SSSR count). The molecule has 0 saturated heterocycles. The first-order valence-corrected chi connectivity index (χ1v) is 6.32. The predicted octanol–water partition coefficient (Wildman–Crippen LogP) is 1.55. The van der Waals surface area contributed by atoms with E-state index in [0.717, 1.165) is 11.4 Å². The van der Waals surface area contributed by atoms with E-state index in [1.165, 1.54) is 0 Å². The molecule has 104 valence electrons. The lowest BCUT2D eigenvalue weighted by atomic mass is 10.0. The number of fused-ring (bicyclic) bond motifs is 1. The van der Waals surface area contributed by atoms with Gasteiger partial charge in [0.15, 0.2) is 11.5 Å². The molecule has 0 spiro atoms. The summed E-state index contributed by atoms with van der Waals surface area (Å²) >= 11 is 0. The molecule has 1 aromatic rings. The molecule has 0 bridgehead atoms. The summed E-state index contributed by atoms with van der Waals surface area (Å²) in [6, 6.07) is 5.48. The summed E-state index contributed by atoms with van der Waals surface area (Å²) in [6.07, 6.45) is 0.290. The Kier molecular flexibility index (Phi) is 3.66. The van der Waals surface area contributed by atoms with Crippen LogP contribution < -0.4 is 20.1 Å². The maximum atomic E-state index is 12.1. The van der Waals surface area contributed by atoms with Gasteiger partial charge >= 0.3 is 0 Å². The molecule has 1 aliphatic heterocycles. The van der Waals surface area contributed by atoms with E-state index in [2.05, 4.69) is 0 Å². The fourth-order valence-corrected chi connectivity index (χ4v) is 1.89. The summed E-state index contributed by atoms with van der Waals surface area (Å²) in [6.45, 7) is 4.76.